The molecule has 2 unspecified atom stereocenters. The highest BCUT2D eigenvalue weighted by molar-refractivity contribution is 6.31. The van der Waals surface area contributed by atoms with Crippen LogP contribution in [0.25, 0.3) is 5.70 Å². The molecule has 0 spiro atoms. The molecule has 7 heteroatoms. The molecule has 31 heavy (non-hydrogen) atoms. The second-order valence-corrected chi connectivity index (χ2v) is 8.55. The van der Waals surface area contributed by atoms with Gasteiger partial charge in [0.05, 0.1) is 18.5 Å². The molecule has 5 N–H and O–H groups in total. The van der Waals surface area contributed by atoms with Crippen LogP contribution < -0.4 is 32.1 Å². The molecule has 0 fully saturated rings. The summed E-state index contributed by atoms with van der Waals surface area (Å²) in [6.07, 6.45) is 10.5. The number of ether oxygens (including phenoxy) is 1. The lowest BCUT2D eigenvalue weighted by Crippen LogP contribution is -2.44. The first-order chi connectivity index (χ1) is 15.2. The van der Waals surface area contributed by atoms with Crippen LogP contribution >= 0.6 is 11.6 Å². The lowest BCUT2D eigenvalue weighted by atomic mass is 9.88. The maximum absolute atomic E-state index is 6.26. The Kier molecular flexibility index (Phi) is 9.40. The van der Waals surface area contributed by atoms with Crippen molar-refractivity contribution in [2.24, 2.45) is 22.4 Å². The molecule has 1 aromatic carbocycles. The van der Waals surface area contributed by atoms with Crippen LogP contribution in [0.1, 0.15) is 25.7 Å². The number of rotatable bonds is 13. The Balaban J connectivity index is 1.70. The van der Waals surface area contributed by atoms with E-state index in [2.05, 4.69) is 22.4 Å². The highest BCUT2D eigenvalue weighted by Crippen LogP contribution is 2.28. The molecule has 3 rings (SSSR count). The average Bonchev–Trinajstić information content (AvgIpc) is 2.78. The molecule has 0 bridgehead atoms. The van der Waals surface area contributed by atoms with E-state index in [-0.39, 0.29) is 12.0 Å². The summed E-state index contributed by atoms with van der Waals surface area (Å²) in [5, 5.41) is 6.56. The molecule has 1 aliphatic heterocycles. The highest BCUT2D eigenvalue weighted by atomic mass is 35.5. The first-order valence-corrected chi connectivity index (χ1v) is 11.7. The van der Waals surface area contributed by atoms with Crippen LogP contribution in [-0.2, 0) is 0 Å². The van der Waals surface area contributed by atoms with E-state index in [0.717, 1.165) is 86.3 Å². The van der Waals surface area contributed by atoms with Crippen molar-refractivity contribution in [1.82, 2.24) is 10.2 Å². The van der Waals surface area contributed by atoms with Crippen molar-refractivity contribution in [2.75, 3.05) is 46.4 Å². The van der Waals surface area contributed by atoms with Crippen molar-refractivity contribution < 1.29 is 4.74 Å². The summed E-state index contributed by atoms with van der Waals surface area (Å²) in [6, 6.07) is 6.09. The average molecular weight is 446 g/mol. The van der Waals surface area contributed by atoms with Gasteiger partial charge in [-0.25, -0.2) is 0 Å². The molecular formula is C24H36ClN5O. The van der Waals surface area contributed by atoms with Gasteiger partial charge in [-0.15, -0.1) is 0 Å². The van der Waals surface area contributed by atoms with Gasteiger partial charge in [0.15, 0.2) is 0 Å². The smallest absolute Gasteiger partial charge is 0.119 e. The van der Waals surface area contributed by atoms with E-state index >= 15 is 0 Å². The number of allylic oxidation sites excluding steroid dienone is 2. The molecule has 0 radical (unpaired) electrons. The van der Waals surface area contributed by atoms with Crippen LogP contribution in [0.2, 0.25) is 0 Å². The minimum absolute atomic E-state index is 0.0261. The van der Waals surface area contributed by atoms with E-state index in [4.69, 9.17) is 32.8 Å². The molecule has 0 saturated carbocycles. The first kappa shape index (κ1) is 23.8. The molecule has 1 aromatic rings. The van der Waals surface area contributed by atoms with Gasteiger partial charge < -0.3 is 26.4 Å². The van der Waals surface area contributed by atoms with Gasteiger partial charge in [0.2, 0.25) is 0 Å². The molecular weight excluding hydrogens is 410 g/mol. The van der Waals surface area contributed by atoms with Gasteiger partial charge in [-0.3, -0.25) is 4.99 Å². The number of nitrogens with two attached hydrogens (primary N) is 2. The third-order valence-corrected chi connectivity index (χ3v) is 6.10. The Labute approximate surface area is 190 Å². The topological polar surface area (TPSA) is 88.9 Å². The molecule has 6 nitrogen and oxygen atoms in total. The number of methoxy groups -OCH3 is 1. The largest absolute Gasteiger partial charge is 0.497 e. The van der Waals surface area contributed by atoms with Crippen LogP contribution in [0.5, 0.6) is 5.75 Å². The second-order valence-electron chi connectivity index (χ2n) is 8.11. The summed E-state index contributed by atoms with van der Waals surface area (Å²) in [5.41, 5.74) is 12.6. The summed E-state index contributed by atoms with van der Waals surface area (Å²) < 4.78 is 5.46. The number of hydrogen-bond donors (Lipinski definition) is 3. The lowest BCUT2D eigenvalue weighted by molar-refractivity contribution is 0.263. The number of hydrogen-bond acceptors (Lipinski definition) is 6. The van der Waals surface area contributed by atoms with Crippen molar-refractivity contribution in [3.63, 3.8) is 0 Å². The second kappa shape index (κ2) is 12.2. The third-order valence-electron chi connectivity index (χ3n) is 5.85. The van der Waals surface area contributed by atoms with E-state index in [9.17, 15) is 0 Å². The Morgan fingerprint density at radius 2 is 1.87 bits per heavy atom. The van der Waals surface area contributed by atoms with Gasteiger partial charge in [0.25, 0.3) is 0 Å². The summed E-state index contributed by atoms with van der Waals surface area (Å²) in [6.45, 7) is 5.58. The number of unbranched alkanes of at least 4 members (excludes halogenated alkanes) is 1. The predicted molar refractivity (Wildman–Crippen MR) is 129 cm³/mol. The normalized spacial score (nSPS) is 19.5. The van der Waals surface area contributed by atoms with Gasteiger partial charge in [0.1, 0.15) is 5.75 Å². The first-order valence-electron chi connectivity index (χ1n) is 11.3. The van der Waals surface area contributed by atoms with Crippen molar-refractivity contribution >= 4 is 17.3 Å². The van der Waals surface area contributed by atoms with Crippen molar-refractivity contribution in [3.05, 3.63) is 52.0 Å². The molecule has 1 aliphatic carbocycles. The Morgan fingerprint density at radius 1 is 1.10 bits per heavy atom. The summed E-state index contributed by atoms with van der Waals surface area (Å²) in [4.78, 5) is 7.42. The molecule has 0 amide bonds. The zero-order valence-electron chi connectivity index (χ0n) is 18.5. The molecule has 2 atom stereocenters. The van der Waals surface area contributed by atoms with Gasteiger partial charge in [-0.2, -0.15) is 0 Å². The SMILES string of the molecule is COc1ccc2c(c1)=C(NCCCN(CCCN)CCCCN)C1C=CC(Cl)=CC1N=2. The van der Waals surface area contributed by atoms with Crippen LogP contribution in [0.15, 0.2) is 46.5 Å². The fourth-order valence-corrected chi connectivity index (χ4v) is 4.40. The van der Waals surface area contributed by atoms with E-state index in [0.29, 0.717) is 0 Å². The maximum atomic E-state index is 6.26. The molecule has 2 aliphatic rings. The van der Waals surface area contributed by atoms with E-state index in [1.54, 1.807) is 7.11 Å². The van der Waals surface area contributed by atoms with Crippen LogP contribution in [-0.4, -0.2) is 57.3 Å². The van der Waals surface area contributed by atoms with Gasteiger partial charge >= 0.3 is 0 Å². The van der Waals surface area contributed by atoms with E-state index in [1.807, 2.05) is 24.3 Å². The van der Waals surface area contributed by atoms with Gasteiger partial charge in [-0.05, 0) is 88.8 Å². The number of nitrogens with one attached hydrogen (secondary N) is 1. The number of benzene rings is 1. The number of fused-ring (bicyclic) bond motifs is 2. The van der Waals surface area contributed by atoms with Gasteiger partial charge in [-0.1, -0.05) is 17.7 Å². The zero-order valence-corrected chi connectivity index (χ0v) is 19.3. The molecule has 0 saturated heterocycles. The number of nitrogens with zero attached hydrogens (tertiary/aromatic N) is 2. The molecule has 1 heterocycles. The van der Waals surface area contributed by atoms with E-state index in [1.165, 1.54) is 5.70 Å². The quantitative estimate of drug-likeness (QED) is 0.400. The summed E-state index contributed by atoms with van der Waals surface area (Å²) in [5.74, 6) is 1.01. The standard InChI is InChI=1S/C24H36ClN5O/c1-31-19-7-9-22-21(17-19)24(20-8-6-18(25)16-23(20)29-22)28-12-5-15-30(14-4-11-27)13-3-2-10-26/h6-9,16-17,20,23,28H,2-5,10-15,26-27H2,1H3. The van der Waals surface area contributed by atoms with Crippen LogP contribution in [0.4, 0.5) is 0 Å². The van der Waals surface area contributed by atoms with Crippen LogP contribution in [0, 0.1) is 5.92 Å². The van der Waals surface area contributed by atoms with Crippen molar-refractivity contribution in [1.29, 1.82) is 0 Å². The minimum atomic E-state index is 0.0261. The minimum Gasteiger partial charge on any atom is -0.497 e. The fraction of sp³-hybridized carbons (Fsp3) is 0.542. The Hall–Kier alpha value is -1.86. The Bertz CT molecular complexity index is 898. The fourth-order valence-electron chi connectivity index (χ4n) is 4.20. The Morgan fingerprint density at radius 3 is 2.65 bits per heavy atom. The van der Waals surface area contributed by atoms with Crippen molar-refractivity contribution in [2.45, 2.75) is 31.7 Å². The summed E-state index contributed by atoms with van der Waals surface area (Å²) >= 11 is 6.26. The monoisotopic (exact) mass is 445 g/mol. The van der Waals surface area contributed by atoms with Crippen molar-refractivity contribution in [3.8, 4) is 5.75 Å². The maximum Gasteiger partial charge on any atom is 0.119 e. The third kappa shape index (κ3) is 6.56. The molecule has 0 aromatic heterocycles. The predicted octanol–water partition coefficient (Wildman–Crippen LogP) is 1.48. The summed E-state index contributed by atoms with van der Waals surface area (Å²) in [7, 11) is 1.70. The lowest BCUT2D eigenvalue weighted by Gasteiger charge is -2.29. The zero-order chi connectivity index (χ0) is 22.1. The highest BCUT2D eigenvalue weighted by Gasteiger charge is 2.27. The van der Waals surface area contributed by atoms with Crippen LogP contribution in [0.3, 0.4) is 0 Å². The van der Waals surface area contributed by atoms with E-state index < -0.39 is 0 Å². The number of halogens is 1. The molecule has 170 valence electrons. The van der Waals surface area contributed by atoms with Gasteiger partial charge in [0, 0.05) is 28.4 Å².